The third-order valence-electron chi connectivity index (χ3n) is 3.68. The molecule has 0 unspecified atom stereocenters. The average Bonchev–Trinajstić information content (AvgIpc) is 2.49. The van der Waals surface area contributed by atoms with E-state index in [1.165, 1.54) is 6.20 Å². The van der Waals surface area contributed by atoms with Crippen molar-refractivity contribution in [2.45, 2.75) is 25.7 Å². The van der Waals surface area contributed by atoms with Crippen molar-refractivity contribution in [1.82, 2.24) is 14.8 Å². The highest BCUT2D eigenvalue weighted by Gasteiger charge is 2.34. The molecule has 2 heterocycles. The summed E-state index contributed by atoms with van der Waals surface area (Å²) < 4.78 is 44.1. The molecule has 0 spiro atoms. The van der Waals surface area contributed by atoms with Crippen molar-refractivity contribution in [3.8, 4) is 0 Å². The van der Waals surface area contributed by atoms with Gasteiger partial charge in [0, 0.05) is 31.9 Å². The Morgan fingerprint density at radius 3 is 2.67 bits per heavy atom. The lowest BCUT2D eigenvalue weighted by Crippen LogP contribution is -2.47. The van der Waals surface area contributed by atoms with Crippen LogP contribution in [0.25, 0.3) is 0 Å². The lowest BCUT2D eigenvalue weighted by molar-refractivity contribution is -0.139. The van der Waals surface area contributed by atoms with Crippen LogP contribution in [0.1, 0.15) is 12.5 Å². The normalized spacial score (nSPS) is 17.5. The lowest BCUT2D eigenvalue weighted by Gasteiger charge is -2.29. The Hall–Kier alpha value is -1.87. The number of morpholine rings is 1. The zero-order valence-corrected chi connectivity index (χ0v) is 13.3. The topological polar surface area (TPSA) is 63.6 Å². The molecule has 2 rings (SSSR count). The smallest absolute Gasteiger partial charge is 0.379 e. The average molecular weight is 347 g/mol. The van der Waals surface area contributed by atoms with Gasteiger partial charge in [-0.15, -0.1) is 0 Å². The molecule has 1 fully saturated rings. The van der Waals surface area contributed by atoms with Gasteiger partial charge in [-0.05, 0) is 19.1 Å². The Labute approximate surface area is 137 Å². The van der Waals surface area contributed by atoms with Gasteiger partial charge in [0.15, 0.2) is 0 Å². The van der Waals surface area contributed by atoms with Gasteiger partial charge in [0.1, 0.15) is 12.1 Å². The molecule has 1 aromatic heterocycles. The van der Waals surface area contributed by atoms with Gasteiger partial charge in [-0.2, -0.15) is 13.2 Å². The van der Waals surface area contributed by atoms with Crippen LogP contribution in [-0.4, -0.2) is 54.3 Å². The monoisotopic (exact) mass is 347 g/mol. The number of pyridine rings is 1. The fourth-order valence-corrected chi connectivity index (χ4v) is 2.57. The molecular formula is C15H20F3N3O3. The predicted molar refractivity (Wildman–Crippen MR) is 80.6 cm³/mol. The Morgan fingerprint density at radius 2 is 2.04 bits per heavy atom. The molecule has 24 heavy (non-hydrogen) atoms. The van der Waals surface area contributed by atoms with Crippen LogP contribution >= 0.6 is 0 Å². The summed E-state index contributed by atoms with van der Waals surface area (Å²) in [6.45, 7) is 4.80. The van der Waals surface area contributed by atoms with Crippen LogP contribution in [0.4, 0.5) is 13.2 Å². The van der Waals surface area contributed by atoms with Crippen molar-refractivity contribution >= 4 is 5.91 Å². The molecular weight excluding hydrogens is 327 g/mol. The number of ether oxygens (including phenoxy) is 1. The highest BCUT2D eigenvalue weighted by molar-refractivity contribution is 5.76. The van der Waals surface area contributed by atoms with Crippen molar-refractivity contribution in [3.05, 3.63) is 34.2 Å². The maximum atomic E-state index is 12.7. The molecule has 6 nitrogen and oxygen atoms in total. The highest BCUT2D eigenvalue weighted by Crippen LogP contribution is 2.25. The second kappa shape index (κ2) is 7.80. The van der Waals surface area contributed by atoms with Crippen LogP contribution in [0.15, 0.2) is 23.1 Å². The number of carbonyl (C=O) groups excluding carboxylic acids is 1. The predicted octanol–water partition coefficient (Wildman–Crippen LogP) is 0.704. The maximum absolute atomic E-state index is 12.7. The molecule has 1 aliphatic heterocycles. The third kappa shape index (κ3) is 5.07. The van der Waals surface area contributed by atoms with Gasteiger partial charge < -0.3 is 14.6 Å². The molecule has 134 valence electrons. The van der Waals surface area contributed by atoms with Crippen LogP contribution in [0.2, 0.25) is 0 Å². The second-order valence-corrected chi connectivity index (χ2v) is 5.73. The number of alkyl halides is 3. The van der Waals surface area contributed by atoms with Crippen molar-refractivity contribution in [3.63, 3.8) is 0 Å². The van der Waals surface area contributed by atoms with Gasteiger partial charge in [0.25, 0.3) is 5.56 Å². The molecule has 1 atom stereocenters. The first-order chi connectivity index (χ1) is 11.3. The Morgan fingerprint density at radius 1 is 1.38 bits per heavy atom. The van der Waals surface area contributed by atoms with Crippen LogP contribution in [0.3, 0.4) is 0 Å². The van der Waals surface area contributed by atoms with E-state index < -0.39 is 29.8 Å². The number of amides is 1. The molecule has 0 aromatic carbocycles. The van der Waals surface area contributed by atoms with Crippen molar-refractivity contribution < 1.29 is 22.7 Å². The van der Waals surface area contributed by atoms with E-state index in [-0.39, 0.29) is 6.04 Å². The first-order valence-corrected chi connectivity index (χ1v) is 7.63. The van der Waals surface area contributed by atoms with Crippen LogP contribution < -0.4 is 10.9 Å². The molecule has 1 amide bonds. The summed E-state index contributed by atoms with van der Waals surface area (Å²) in [5.74, 6) is -0.503. The van der Waals surface area contributed by atoms with E-state index in [2.05, 4.69) is 10.2 Å². The second-order valence-electron chi connectivity index (χ2n) is 5.73. The Bertz CT molecular complexity index is 624. The zero-order valence-electron chi connectivity index (χ0n) is 13.3. The largest absolute Gasteiger partial charge is 0.421 e. The molecule has 0 bridgehead atoms. The Kier molecular flexibility index (Phi) is 6.00. The first-order valence-electron chi connectivity index (χ1n) is 7.63. The number of nitrogens with one attached hydrogen (secondary N) is 1. The third-order valence-corrected chi connectivity index (χ3v) is 3.68. The molecule has 1 N–H and O–H groups in total. The maximum Gasteiger partial charge on any atom is 0.421 e. The van der Waals surface area contributed by atoms with Crippen LogP contribution in [0.5, 0.6) is 0 Å². The molecule has 0 aliphatic carbocycles. The summed E-state index contributed by atoms with van der Waals surface area (Å²) in [5.41, 5.74) is -2.50. The zero-order chi connectivity index (χ0) is 17.7. The van der Waals surface area contributed by atoms with Gasteiger partial charge in [0.2, 0.25) is 5.91 Å². The molecule has 0 saturated carbocycles. The molecule has 1 saturated heterocycles. The van der Waals surface area contributed by atoms with Gasteiger partial charge in [-0.3, -0.25) is 14.5 Å². The minimum absolute atomic E-state index is 0.183. The lowest BCUT2D eigenvalue weighted by atomic mass is 10.2. The number of hydrogen-bond acceptors (Lipinski definition) is 4. The van der Waals surface area contributed by atoms with E-state index in [4.69, 9.17) is 4.74 Å². The fourth-order valence-electron chi connectivity index (χ4n) is 2.57. The first kappa shape index (κ1) is 18.5. The number of nitrogens with zero attached hydrogens (tertiary/aromatic N) is 2. The molecule has 9 heteroatoms. The summed E-state index contributed by atoms with van der Waals surface area (Å²) in [6, 6.07) is 1.63. The van der Waals surface area contributed by atoms with Crippen LogP contribution in [-0.2, 0) is 22.3 Å². The van der Waals surface area contributed by atoms with Crippen LogP contribution in [0, 0.1) is 0 Å². The van der Waals surface area contributed by atoms with E-state index in [1.807, 2.05) is 6.92 Å². The minimum Gasteiger partial charge on any atom is -0.379 e. The van der Waals surface area contributed by atoms with Crippen molar-refractivity contribution in [1.29, 1.82) is 0 Å². The summed E-state index contributed by atoms with van der Waals surface area (Å²) in [7, 11) is 0. The number of hydrogen-bond donors (Lipinski definition) is 1. The molecule has 1 aromatic rings. The Balaban J connectivity index is 1.93. The van der Waals surface area contributed by atoms with E-state index in [0.717, 1.165) is 23.7 Å². The van der Waals surface area contributed by atoms with Crippen molar-refractivity contribution in [2.24, 2.45) is 0 Å². The van der Waals surface area contributed by atoms with E-state index >= 15 is 0 Å². The van der Waals surface area contributed by atoms with Gasteiger partial charge in [-0.1, -0.05) is 0 Å². The van der Waals surface area contributed by atoms with Crippen molar-refractivity contribution in [2.75, 3.05) is 32.8 Å². The highest BCUT2D eigenvalue weighted by atomic mass is 19.4. The summed E-state index contributed by atoms with van der Waals surface area (Å²) in [6.07, 6.45) is -3.57. The van der Waals surface area contributed by atoms with Gasteiger partial charge in [0.05, 0.1) is 13.2 Å². The van der Waals surface area contributed by atoms with E-state index in [9.17, 15) is 22.8 Å². The number of rotatable bonds is 5. The van der Waals surface area contributed by atoms with E-state index in [1.54, 1.807) is 0 Å². The van der Waals surface area contributed by atoms with Gasteiger partial charge >= 0.3 is 6.18 Å². The van der Waals surface area contributed by atoms with Gasteiger partial charge in [-0.25, -0.2) is 0 Å². The number of aromatic nitrogens is 1. The number of halogens is 3. The summed E-state index contributed by atoms with van der Waals surface area (Å²) in [5, 5.41) is 2.70. The molecule has 1 aliphatic rings. The standard InChI is InChI=1S/C15H20F3N3O3/c1-11(9-20-5-7-24-8-6-20)19-13(22)10-21-4-2-3-12(14(21)23)15(16,17)18/h2-4,11H,5-10H2,1H3,(H,19,22)/t11-/m1/s1. The van der Waals surface area contributed by atoms with E-state index in [0.29, 0.717) is 25.8 Å². The summed E-state index contributed by atoms with van der Waals surface area (Å²) >= 11 is 0. The number of carbonyl (C=O) groups is 1. The molecule has 0 radical (unpaired) electrons. The quantitative estimate of drug-likeness (QED) is 0.852. The summed E-state index contributed by atoms with van der Waals surface area (Å²) in [4.78, 5) is 25.9. The fraction of sp³-hybridized carbons (Fsp3) is 0.600. The minimum atomic E-state index is -4.74. The SMILES string of the molecule is C[C@H](CN1CCOCC1)NC(=O)Cn1cccc(C(F)(F)F)c1=O.